The van der Waals surface area contributed by atoms with Crippen LogP contribution >= 0.6 is 0 Å². The van der Waals surface area contributed by atoms with E-state index in [0.717, 1.165) is 0 Å². The van der Waals surface area contributed by atoms with Crippen molar-refractivity contribution in [3.63, 3.8) is 0 Å². The van der Waals surface area contributed by atoms with Crippen molar-refractivity contribution in [2.24, 2.45) is 0 Å². The van der Waals surface area contributed by atoms with Crippen molar-refractivity contribution in [3.8, 4) is 0 Å². The van der Waals surface area contributed by atoms with E-state index in [-0.39, 0.29) is 25.3 Å². The number of carbonyl (C=O) groups is 2. The molecule has 0 bridgehead atoms. The van der Waals surface area contributed by atoms with E-state index < -0.39 is 21.9 Å². The van der Waals surface area contributed by atoms with Gasteiger partial charge in [0.1, 0.15) is 6.54 Å². The van der Waals surface area contributed by atoms with Crippen LogP contribution in [0.5, 0.6) is 0 Å². The second kappa shape index (κ2) is 8.18. The van der Waals surface area contributed by atoms with E-state index in [1.54, 1.807) is 6.92 Å². The maximum atomic E-state index is 11.9. The van der Waals surface area contributed by atoms with Crippen molar-refractivity contribution in [3.05, 3.63) is 0 Å². The minimum atomic E-state index is -3.45. The minimum absolute atomic E-state index is 0.181. The van der Waals surface area contributed by atoms with Crippen LogP contribution in [0.25, 0.3) is 0 Å². The van der Waals surface area contributed by atoms with Gasteiger partial charge in [-0.25, -0.2) is 8.42 Å². The third-order valence-electron chi connectivity index (χ3n) is 2.69. The third kappa shape index (κ3) is 5.85. The second-order valence-corrected chi connectivity index (χ2v) is 6.25. The second-order valence-electron chi connectivity index (χ2n) is 4.16. The van der Waals surface area contributed by atoms with Crippen LogP contribution in [0.2, 0.25) is 0 Å². The quantitative estimate of drug-likeness (QED) is 0.588. The lowest BCUT2D eigenvalue weighted by atomic mass is 10.4. The first-order chi connectivity index (χ1) is 9.45. The first kappa shape index (κ1) is 16.9. The van der Waals surface area contributed by atoms with Crippen LogP contribution in [0.1, 0.15) is 13.3 Å². The summed E-state index contributed by atoms with van der Waals surface area (Å²) >= 11 is 0. The fourth-order valence-corrected chi connectivity index (χ4v) is 3.05. The van der Waals surface area contributed by atoms with Gasteiger partial charge >= 0.3 is 5.97 Å². The molecule has 0 aromatic carbocycles. The Kier molecular flexibility index (Phi) is 6.89. The van der Waals surface area contributed by atoms with Gasteiger partial charge in [0.2, 0.25) is 15.9 Å². The Bertz CT molecular complexity index is 430. The SMILES string of the molecule is CCOC(=O)CNC(=O)CCS(=O)(=O)N1CCOCC1. The number of rotatable bonds is 7. The number of esters is 1. The molecule has 8 nitrogen and oxygen atoms in total. The number of nitrogens with zero attached hydrogens (tertiary/aromatic N) is 1. The van der Waals surface area contributed by atoms with Crippen LogP contribution in [0.3, 0.4) is 0 Å². The minimum Gasteiger partial charge on any atom is -0.465 e. The lowest BCUT2D eigenvalue weighted by Gasteiger charge is -2.25. The molecular weight excluding hydrogens is 288 g/mol. The van der Waals surface area contributed by atoms with E-state index in [1.165, 1.54) is 4.31 Å². The molecular formula is C11H20N2O6S. The van der Waals surface area contributed by atoms with Crippen molar-refractivity contribution in [2.75, 3.05) is 45.2 Å². The largest absolute Gasteiger partial charge is 0.465 e. The molecule has 1 amide bonds. The van der Waals surface area contributed by atoms with E-state index in [0.29, 0.717) is 26.3 Å². The summed E-state index contributed by atoms with van der Waals surface area (Å²) in [5, 5.41) is 2.32. The summed E-state index contributed by atoms with van der Waals surface area (Å²) in [6.07, 6.45) is -0.181. The average Bonchev–Trinajstić information content (AvgIpc) is 2.44. The van der Waals surface area contributed by atoms with Gasteiger partial charge in [-0.05, 0) is 6.92 Å². The Balaban J connectivity index is 2.30. The van der Waals surface area contributed by atoms with Crippen LogP contribution in [0.4, 0.5) is 0 Å². The number of amides is 1. The van der Waals surface area contributed by atoms with Crippen LogP contribution < -0.4 is 5.32 Å². The molecule has 1 aliphatic rings. The summed E-state index contributed by atoms with van der Waals surface area (Å²) < 4.78 is 34.9. The molecule has 0 aromatic heterocycles. The Hall–Kier alpha value is -1.19. The normalized spacial score (nSPS) is 16.6. The lowest BCUT2D eigenvalue weighted by molar-refractivity contribution is -0.143. The molecule has 1 rings (SSSR count). The Labute approximate surface area is 118 Å². The van der Waals surface area contributed by atoms with Crippen molar-refractivity contribution in [1.29, 1.82) is 0 Å². The summed E-state index contributed by atoms with van der Waals surface area (Å²) in [6, 6.07) is 0. The summed E-state index contributed by atoms with van der Waals surface area (Å²) in [7, 11) is -3.45. The molecule has 1 heterocycles. The molecule has 1 N–H and O–H groups in total. The van der Waals surface area contributed by atoms with E-state index >= 15 is 0 Å². The van der Waals surface area contributed by atoms with Crippen LogP contribution in [0.15, 0.2) is 0 Å². The number of hydrogen-bond donors (Lipinski definition) is 1. The van der Waals surface area contributed by atoms with Crippen molar-refractivity contribution in [2.45, 2.75) is 13.3 Å². The maximum Gasteiger partial charge on any atom is 0.325 e. The molecule has 0 radical (unpaired) electrons. The summed E-state index contributed by atoms with van der Waals surface area (Å²) in [6.45, 7) is 3.02. The van der Waals surface area contributed by atoms with Gasteiger partial charge < -0.3 is 14.8 Å². The predicted octanol–water partition coefficient (Wildman–Crippen LogP) is -1.28. The van der Waals surface area contributed by atoms with E-state index in [1.807, 2.05) is 0 Å². The number of sulfonamides is 1. The average molecular weight is 308 g/mol. The van der Waals surface area contributed by atoms with Crippen LogP contribution in [-0.2, 0) is 29.1 Å². The first-order valence-corrected chi connectivity index (χ1v) is 8.04. The smallest absolute Gasteiger partial charge is 0.325 e. The van der Waals surface area contributed by atoms with Gasteiger partial charge in [-0.15, -0.1) is 0 Å². The van der Waals surface area contributed by atoms with Gasteiger partial charge in [0, 0.05) is 19.5 Å². The number of ether oxygens (including phenoxy) is 2. The first-order valence-electron chi connectivity index (χ1n) is 6.43. The fraction of sp³-hybridized carbons (Fsp3) is 0.818. The maximum absolute atomic E-state index is 11.9. The number of nitrogens with one attached hydrogen (secondary N) is 1. The molecule has 1 aliphatic heterocycles. The number of carbonyl (C=O) groups excluding carboxylic acids is 2. The zero-order chi connectivity index (χ0) is 15.0. The van der Waals surface area contributed by atoms with Gasteiger partial charge in [-0.1, -0.05) is 0 Å². The lowest BCUT2D eigenvalue weighted by Crippen LogP contribution is -2.42. The summed E-state index contributed by atoms with van der Waals surface area (Å²) in [5.41, 5.74) is 0. The number of hydrogen-bond acceptors (Lipinski definition) is 6. The van der Waals surface area contributed by atoms with Crippen LogP contribution in [-0.4, -0.2) is 69.8 Å². The standard InChI is InChI=1S/C11H20N2O6S/c1-2-19-11(15)9-12-10(14)3-8-20(16,17)13-4-6-18-7-5-13/h2-9H2,1H3,(H,12,14). The summed E-state index contributed by atoms with van der Waals surface area (Å²) in [4.78, 5) is 22.5. The molecule has 1 saturated heterocycles. The van der Waals surface area contributed by atoms with Crippen molar-refractivity contribution >= 4 is 21.9 Å². The summed E-state index contributed by atoms with van der Waals surface area (Å²) in [5.74, 6) is -1.31. The van der Waals surface area contributed by atoms with Gasteiger partial charge in [0.05, 0.1) is 25.6 Å². The highest BCUT2D eigenvalue weighted by Gasteiger charge is 2.24. The van der Waals surface area contributed by atoms with Gasteiger partial charge in [-0.3, -0.25) is 9.59 Å². The van der Waals surface area contributed by atoms with E-state index in [4.69, 9.17) is 4.74 Å². The van der Waals surface area contributed by atoms with Gasteiger partial charge in [0.15, 0.2) is 0 Å². The molecule has 0 aromatic rings. The number of morpholine rings is 1. The zero-order valence-corrected chi connectivity index (χ0v) is 12.3. The zero-order valence-electron chi connectivity index (χ0n) is 11.5. The van der Waals surface area contributed by atoms with E-state index in [2.05, 4.69) is 10.1 Å². The molecule has 20 heavy (non-hydrogen) atoms. The fourth-order valence-electron chi connectivity index (χ4n) is 1.65. The topological polar surface area (TPSA) is 102 Å². The molecule has 0 saturated carbocycles. The Morgan fingerprint density at radius 2 is 1.95 bits per heavy atom. The molecule has 0 unspecified atom stereocenters. The molecule has 0 spiro atoms. The highest BCUT2D eigenvalue weighted by molar-refractivity contribution is 7.89. The third-order valence-corrected chi connectivity index (χ3v) is 4.56. The highest BCUT2D eigenvalue weighted by Crippen LogP contribution is 2.06. The van der Waals surface area contributed by atoms with Gasteiger partial charge in [0.25, 0.3) is 0 Å². The molecule has 0 atom stereocenters. The van der Waals surface area contributed by atoms with Crippen LogP contribution in [0, 0.1) is 0 Å². The van der Waals surface area contributed by atoms with Crippen molar-refractivity contribution < 1.29 is 27.5 Å². The van der Waals surface area contributed by atoms with Gasteiger partial charge in [-0.2, -0.15) is 4.31 Å². The van der Waals surface area contributed by atoms with E-state index in [9.17, 15) is 18.0 Å². The molecule has 9 heteroatoms. The molecule has 1 fully saturated rings. The highest BCUT2D eigenvalue weighted by atomic mass is 32.2. The Morgan fingerprint density at radius 1 is 1.30 bits per heavy atom. The van der Waals surface area contributed by atoms with Crippen molar-refractivity contribution in [1.82, 2.24) is 9.62 Å². The monoisotopic (exact) mass is 308 g/mol. The predicted molar refractivity (Wildman–Crippen MR) is 70.4 cm³/mol. The molecule has 116 valence electrons. The Morgan fingerprint density at radius 3 is 2.55 bits per heavy atom. The molecule has 0 aliphatic carbocycles.